The maximum absolute atomic E-state index is 12.2. The van der Waals surface area contributed by atoms with Gasteiger partial charge in [0, 0.05) is 25.3 Å². The molecular formula is C21H23N3O3. The lowest BCUT2D eigenvalue weighted by molar-refractivity contribution is -0.121. The number of benzene rings is 2. The third-order valence-electron chi connectivity index (χ3n) is 5.01. The molecule has 4 rings (SSSR count). The van der Waals surface area contributed by atoms with Crippen molar-refractivity contribution in [1.82, 2.24) is 9.88 Å². The summed E-state index contributed by atoms with van der Waals surface area (Å²) in [6.45, 7) is 2.53. The fraction of sp³-hybridized carbons (Fsp3) is 0.333. The lowest BCUT2D eigenvalue weighted by Gasteiger charge is -2.31. The quantitative estimate of drug-likeness (QED) is 0.682. The summed E-state index contributed by atoms with van der Waals surface area (Å²) in [6, 6.07) is 15.6. The summed E-state index contributed by atoms with van der Waals surface area (Å²) in [6.07, 6.45) is 3.16. The van der Waals surface area contributed by atoms with Crippen molar-refractivity contribution in [1.29, 1.82) is 0 Å². The van der Waals surface area contributed by atoms with Crippen molar-refractivity contribution < 1.29 is 9.21 Å². The molecule has 0 unspecified atom stereocenters. The molecule has 1 aliphatic heterocycles. The van der Waals surface area contributed by atoms with Crippen molar-refractivity contribution in [3.8, 4) is 0 Å². The number of carbonyl (C=O) groups excluding carboxylic acids is 1. The van der Waals surface area contributed by atoms with Crippen molar-refractivity contribution in [2.75, 3.05) is 24.5 Å². The number of nitrogens with zero attached hydrogens (tertiary/aromatic N) is 2. The minimum Gasteiger partial charge on any atom is -0.408 e. The first-order chi connectivity index (χ1) is 13.2. The minimum atomic E-state index is -0.503. The predicted octanol–water partition coefficient (Wildman–Crippen LogP) is 2.55. The zero-order valence-electron chi connectivity index (χ0n) is 15.2. The number of hydrogen-bond donors (Lipinski definition) is 1. The average Bonchev–Trinajstić information content (AvgIpc) is 3.00. The minimum absolute atomic E-state index is 0.0254. The van der Waals surface area contributed by atoms with Crippen molar-refractivity contribution in [2.24, 2.45) is 0 Å². The molecule has 1 amide bonds. The zero-order chi connectivity index (χ0) is 18.6. The number of oxazole rings is 1. The Labute approximate surface area is 157 Å². The summed E-state index contributed by atoms with van der Waals surface area (Å²) in [5.41, 5.74) is 3.85. The molecule has 1 aliphatic rings. The van der Waals surface area contributed by atoms with Crippen LogP contribution in [-0.2, 0) is 17.8 Å². The van der Waals surface area contributed by atoms with E-state index in [0.717, 1.165) is 25.9 Å². The SMILES string of the molecule is O=C(Cn1c(=O)oc2ccccc21)NCCCN1CCCc2ccccc21. The van der Waals surface area contributed by atoms with Gasteiger partial charge in [-0.1, -0.05) is 30.3 Å². The van der Waals surface area contributed by atoms with Crippen molar-refractivity contribution in [3.63, 3.8) is 0 Å². The smallest absolute Gasteiger partial charge is 0.408 e. The molecule has 0 atom stereocenters. The number of aromatic nitrogens is 1. The Morgan fingerprint density at radius 1 is 1.11 bits per heavy atom. The molecule has 0 bridgehead atoms. The van der Waals surface area contributed by atoms with Crippen LogP contribution in [0.1, 0.15) is 18.4 Å². The molecule has 6 heteroatoms. The predicted molar refractivity (Wildman–Crippen MR) is 105 cm³/mol. The van der Waals surface area contributed by atoms with E-state index in [0.29, 0.717) is 17.6 Å². The molecule has 1 N–H and O–H groups in total. The Morgan fingerprint density at radius 3 is 2.85 bits per heavy atom. The van der Waals surface area contributed by atoms with Gasteiger partial charge < -0.3 is 14.6 Å². The van der Waals surface area contributed by atoms with Gasteiger partial charge in [0.1, 0.15) is 6.54 Å². The second kappa shape index (κ2) is 7.70. The van der Waals surface area contributed by atoms with Crippen LogP contribution in [0.25, 0.3) is 11.1 Å². The van der Waals surface area contributed by atoms with Gasteiger partial charge in [0.15, 0.2) is 5.58 Å². The van der Waals surface area contributed by atoms with Gasteiger partial charge in [0.2, 0.25) is 5.91 Å². The van der Waals surface area contributed by atoms with Crippen molar-refractivity contribution >= 4 is 22.7 Å². The van der Waals surface area contributed by atoms with Gasteiger partial charge >= 0.3 is 5.76 Å². The normalized spacial score (nSPS) is 13.6. The van der Waals surface area contributed by atoms with Gasteiger partial charge in [0.25, 0.3) is 0 Å². The van der Waals surface area contributed by atoms with Crippen LogP contribution in [0.15, 0.2) is 57.7 Å². The molecule has 6 nitrogen and oxygen atoms in total. The lowest BCUT2D eigenvalue weighted by Crippen LogP contribution is -2.35. The number of para-hydroxylation sites is 3. The molecule has 140 valence electrons. The molecule has 0 radical (unpaired) electrons. The number of hydrogen-bond acceptors (Lipinski definition) is 4. The molecule has 0 spiro atoms. The van der Waals surface area contributed by atoms with Gasteiger partial charge in [-0.25, -0.2) is 4.79 Å². The second-order valence-corrected chi connectivity index (χ2v) is 6.84. The number of anilines is 1. The van der Waals surface area contributed by atoms with Crippen LogP contribution in [0, 0.1) is 0 Å². The molecule has 0 fully saturated rings. The van der Waals surface area contributed by atoms with Crippen LogP contribution in [0.2, 0.25) is 0 Å². The van der Waals surface area contributed by atoms with E-state index in [1.54, 1.807) is 18.2 Å². The molecule has 0 saturated carbocycles. The Hall–Kier alpha value is -3.02. The molecule has 3 aromatic rings. The highest BCUT2D eigenvalue weighted by atomic mass is 16.4. The maximum Gasteiger partial charge on any atom is 0.420 e. The molecule has 2 aromatic carbocycles. The van der Waals surface area contributed by atoms with Crippen LogP contribution in [0.3, 0.4) is 0 Å². The van der Waals surface area contributed by atoms with Crippen LogP contribution < -0.4 is 16.0 Å². The zero-order valence-corrected chi connectivity index (χ0v) is 15.2. The highest BCUT2D eigenvalue weighted by Gasteiger charge is 2.16. The number of amides is 1. The van der Waals surface area contributed by atoms with E-state index in [1.165, 1.54) is 22.2 Å². The van der Waals surface area contributed by atoms with Crippen LogP contribution in [0.4, 0.5) is 5.69 Å². The molecule has 0 aliphatic carbocycles. The third kappa shape index (κ3) is 3.74. The summed E-state index contributed by atoms with van der Waals surface area (Å²) >= 11 is 0. The summed E-state index contributed by atoms with van der Waals surface area (Å²) < 4.78 is 6.53. The van der Waals surface area contributed by atoms with E-state index in [1.807, 2.05) is 6.07 Å². The Kier molecular flexibility index (Phi) is 4.96. The van der Waals surface area contributed by atoms with Crippen molar-refractivity contribution in [2.45, 2.75) is 25.8 Å². The maximum atomic E-state index is 12.2. The summed E-state index contributed by atoms with van der Waals surface area (Å²) in [5, 5.41) is 2.91. The van der Waals surface area contributed by atoms with E-state index in [2.05, 4.69) is 34.5 Å². The van der Waals surface area contributed by atoms with Gasteiger partial charge in [-0.05, 0) is 43.0 Å². The van der Waals surface area contributed by atoms with Gasteiger partial charge in [-0.15, -0.1) is 0 Å². The number of rotatable bonds is 6. The Balaban J connectivity index is 1.29. The fourth-order valence-electron chi connectivity index (χ4n) is 3.70. The van der Waals surface area contributed by atoms with Crippen LogP contribution in [0.5, 0.6) is 0 Å². The Morgan fingerprint density at radius 2 is 1.93 bits per heavy atom. The molecule has 27 heavy (non-hydrogen) atoms. The standard InChI is InChI=1S/C21H23N3O3/c25-20(15-24-18-10-3-4-11-19(18)27-21(24)26)22-12-6-14-23-13-5-8-16-7-1-2-9-17(16)23/h1-4,7,9-11H,5-6,8,12-15H2,(H,22,25). The topological polar surface area (TPSA) is 67.5 Å². The number of fused-ring (bicyclic) bond motifs is 2. The van der Waals surface area contributed by atoms with E-state index >= 15 is 0 Å². The summed E-state index contributed by atoms with van der Waals surface area (Å²) in [5.74, 6) is -0.682. The summed E-state index contributed by atoms with van der Waals surface area (Å²) in [7, 11) is 0. The highest BCUT2D eigenvalue weighted by molar-refractivity contribution is 5.79. The van der Waals surface area contributed by atoms with E-state index in [-0.39, 0.29) is 12.5 Å². The first-order valence-electron chi connectivity index (χ1n) is 9.40. The number of nitrogens with one attached hydrogen (secondary N) is 1. The van der Waals surface area contributed by atoms with E-state index < -0.39 is 5.76 Å². The summed E-state index contributed by atoms with van der Waals surface area (Å²) in [4.78, 5) is 26.6. The third-order valence-corrected chi connectivity index (χ3v) is 5.01. The molecule has 1 aromatic heterocycles. The number of aryl methyl sites for hydroxylation is 1. The number of carbonyl (C=O) groups is 1. The fourth-order valence-corrected chi connectivity index (χ4v) is 3.70. The van der Waals surface area contributed by atoms with Gasteiger partial charge in [0.05, 0.1) is 5.52 Å². The first kappa shape index (κ1) is 17.4. The van der Waals surface area contributed by atoms with Crippen LogP contribution in [-0.4, -0.2) is 30.1 Å². The largest absolute Gasteiger partial charge is 0.420 e. The Bertz CT molecular complexity index is 1010. The molecule has 0 saturated heterocycles. The highest BCUT2D eigenvalue weighted by Crippen LogP contribution is 2.26. The van der Waals surface area contributed by atoms with E-state index in [4.69, 9.17) is 4.42 Å². The molecule has 2 heterocycles. The van der Waals surface area contributed by atoms with E-state index in [9.17, 15) is 9.59 Å². The second-order valence-electron chi connectivity index (χ2n) is 6.84. The lowest BCUT2D eigenvalue weighted by atomic mass is 10.0. The van der Waals surface area contributed by atoms with Crippen LogP contribution >= 0.6 is 0 Å². The first-order valence-corrected chi connectivity index (χ1v) is 9.40. The van der Waals surface area contributed by atoms with Gasteiger partial charge in [-0.3, -0.25) is 9.36 Å². The monoisotopic (exact) mass is 365 g/mol. The van der Waals surface area contributed by atoms with Crippen molar-refractivity contribution in [3.05, 3.63) is 64.6 Å². The average molecular weight is 365 g/mol. The van der Waals surface area contributed by atoms with Gasteiger partial charge in [-0.2, -0.15) is 0 Å². The molecular weight excluding hydrogens is 342 g/mol.